The van der Waals surface area contributed by atoms with Crippen LogP contribution in [-0.4, -0.2) is 24.5 Å². The van der Waals surface area contributed by atoms with Gasteiger partial charge in [-0.15, -0.1) is 0 Å². The molecular weight excluding hydrogens is 791 g/mol. The van der Waals surface area contributed by atoms with Crippen LogP contribution in [0.5, 0.6) is 0 Å². The maximum absolute atomic E-state index is 5.34. The third kappa shape index (κ3) is 6.09. The number of nitrogens with zero attached hydrogens (tertiary/aromatic N) is 5. The molecular formula is C60H37N5. The van der Waals surface area contributed by atoms with Crippen molar-refractivity contribution in [3.8, 4) is 62.2 Å². The molecule has 0 bridgehead atoms. The van der Waals surface area contributed by atoms with Crippen molar-refractivity contribution < 1.29 is 0 Å². The van der Waals surface area contributed by atoms with Crippen LogP contribution in [0.3, 0.4) is 0 Å². The van der Waals surface area contributed by atoms with Gasteiger partial charge in [-0.25, -0.2) is 19.9 Å². The summed E-state index contributed by atoms with van der Waals surface area (Å²) >= 11 is 0. The summed E-state index contributed by atoms with van der Waals surface area (Å²) in [6.45, 7) is 0. The highest BCUT2D eigenvalue weighted by molar-refractivity contribution is 6.29. The Bertz CT molecular complexity index is 3880. The predicted molar refractivity (Wildman–Crippen MR) is 269 cm³/mol. The summed E-state index contributed by atoms with van der Waals surface area (Å²) in [5.74, 6) is 1.92. The van der Waals surface area contributed by atoms with E-state index in [0.29, 0.717) is 17.5 Å². The van der Waals surface area contributed by atoms with Crippen molar-refractivity contribution in [3.63, 3.8) is 0 Å². The van der Waals surface area contributed by atoms with Gasteiger partial charge in [0.05, 0.1) is 22.2 Å². The first-order chi connectivity index (χ1) is 32.2. The zero-order chi connectivity index (χ0) is 42.8. The van der Waals surface area contributed by atoms with E-state index in [1.807, 2.05) is 0 Å². The Kier molecular flexibility index (Phi) is 8.46. The summed E-state index contributed by atoms with van der Waals surface area (Å²) < 4.78 is 2.38. The molecule has 0 unspecified atom stereocenters. The Balaban J connectivity index is 0.905. The number of aromatic nitrogens is 5. The lowest BCUT2D eigenvalue weighted by atomic mass is 9.95. The van der Waals surface area contributed by atoms with Crippen LogP contribution in [0.1, 0.15) is 0 Å². The Labute approximate surface area is 374 Å². The second kappa shape index (κ2) is 14.9. The van der Waals surface area contributed by atoms with Gasteiger partial charge in [-0.3, -0.25) is 0 Å². The molecule has 0 amide bonds. The minimum Gasteiger partial charge on any atom is -0.309 e. The Morgan fingerprint density at radius 1 is 0.277 bits per heavy atom. The number of fused-ring (bicyclic) bond motifs is 9. The molecule has 0 aliphatic carbocycles. The average Bonchev–Trinajstić information content (AvgIpc) is 3.73. The molecule has 0 saturated heterocycles. The van der Waals surface area contributed by atoms with E-state index in [1.54, 1.807) is 0 Å². The molecule has 0 atom stereocenters. The Morgan fingerprint density at radius 2 is 0.785 bits per heavy atom. The molecule has 0 aliphatic rings. The predicted octanol–water partition coefficient (Wildman–Crippen LogP) is 15.3. The summed E-state index contributed by atoms with van der Waals surface area (Å²) in [6, 6.07) is 79.2. The van der Waals surface area contributed by atoms with Crippen LogP contribution in [0.2, 0.25) is 0 Å². The van der Waals surface area contributed by atoms with Crippen molar-refractivity contribution in [2.24, 2.45) is 0 Å². The Morgan fingerprint density at radius 3 is 1.45 bits per heavy atom. The zero-order valence-electron chi connectivity index (χ0n) is 35.1. The van der Waals surface area contributed by atoms with Crippen molar-refractivity contribution in [1.82, 2.24) is 24.5 Å². The van der Waals surface area contributed by atoms with Gasteiger partial charge in [0, 0.05) is 54.9 Å². The lowest BCUT2D eigenvalue weighted by Gasteiger charge is -2.13. The van der Waals surface area contributed by atoms with Crippen molar-refractivity contribution in [3.05, 3.63) is 224 Å². The van der Waals surface area contributed by atoms with Gasteiger partial charge in [-0.05, 0) is 63.0 Å². The minimum atomic E-state index is 0.628. The fourth-order valence-corrected chi connectivity index (χ4v) is 9.80. The van der Waals surface area contributed by atoms with Crippen molar-refractivity contribution >= 4 is 65.0 Å². The third-order valence-corrected chi connectivity index (χ3v) is 12.8. The van der Waals surface area contributed by atoms with Gasteiger partial charge in [0.2, 0.25) is 0 Å². The molecule has 13 rings (SSSR count). The normalized spacial score (nSPS) is 11.7. The molecule has 0 N–H and O–H groups in total. The molecule has 10 aromatic carbocycles. The summed E-state index contributed by atoms with van der Waals surface area (Å²) in [4.78, 5) is 20.8. The van der Waals surface area contributed by atoms with Crippen molar-refractivity contribution in [2.75, 3.05) is 0 Å². The van der Waals surface area contributed by atoms with Crippen molar-refractivity contribution in [2.45, 2.75) is 0 Å². The Hall–Kier alpha value is -8.80. The quantitative estimate of drug-likeness (QED) is 0.157. The summed E-state index contributed by atoms with van der Waals surface area (Å²) in [5.41, 5.74) is 11.6. The standard InChI is InChI=1S/C60H37N5/c1-2-18-44(19-3-1)65-53-27-11-9-23-50(53)56-54(65)37-36-51-55(56)49-22-8-10-26-52(49)61-57(51)42-32-28-38(29-33-42)39-30-34-43(35-31-39)58-62-59(47-24-12-16-40-14-4-6-20-45(40)47)64-60(63-58)48-25-13-17-41-15-5-7-21-46(41)48/h1-37H. The van der Waals surface area contributed by atoms with E-state index < -0.39 is 0 Å². The monoisotopic (exact) mass is 827 g/mol. The number of para-hydroxylation sites is 3. The zero-order valence-corrected chi connectivity index (χ0v) is 35.1. The maximum Gasteiger partial charge on any atom is 0.164 e. The van der Waals surface area contributed by atoms with Crippen LogP contribution in [-0.2, 0) is 0 Å². The van der Waals surface area contributed by atoms with Crippen LogP contribution in [0.4, 0.5) is 0 Å². The van der Waals surface area contributed by atoms with Gasteiger partial charge in [-0.1, -0.05) is 194 Å². The van der Waals surface area contributed by atoms with Gasteiger partial charge in [0.15, 0.2) is 17.5 Å². The largest absolute Gasteiger partial charge is 0.309 e. The highest BCUT2D eigenvalue weighted by Gasteiger charge is 2.20. The first-order valence-electron chi connectivity index (χ1n) is 22.0. The van der Waals surface area contributed by atoms with E-state index in [-0.39, 0.29) is 0 Å². The van der Waals surface area contributed by atoms with Gasteiger partial charge >= 0.3 is 0 Å². The van der Waals surface area contributed by atoms with E-state index in [0.717, 1.165) is 82.6 Å². The summed E-state index contributed by atoms with van der Waals surface area (Å²) in [5, 5.41) is 10.5. The number of benzene rings is 10. The third-order valence-electron chi connectivity index (χ3n) is 12.8. The molecule has 3 aromatic heterocycles. The molecule has 0 fully saturated rings. The van der Waals surface area contributed by atoms with Crippen LogP contribution in [0, 0.1) is 0 Å². The van der Waals surface area contributed by atoms with E-state index in [1.165, 1.54) is 27.2 Å². The van der Waals surface area contributed by atoms with E-state index in [2.05, 4.69) is 229 Å². The molecule has 5 nitrogen and oxygen atoms in total. The molecule has 0 saturated carbocycles. The smallest absolute Gasteiger partial charge is 0.164 e. The molecule has 302 valence electrons. The summed E-state index contributed by atoms with van der Waals surface area (Å²) in [7, 11) is 0. The number of pyridine rings is 1. The van der Waals surface area contributed by atoms with E-state index in [4.69, 9.17) is 19.9 Å². The number of hydrogen-bond donors (Lipinski definition) is 0. The summed E-state index contributed by atoms with van der Waals surface area (Å²) in [6.07, 6.45) is 0. The maximum atomic E-state index is 5.34. The average molecular weight is 828 g/mol. The van der Waals surface area contributed by atoms with Crippen LogP contribution in [0.25, 0.3) is 127 Å². The SMILES string of the molecule is c1ccc(-n2c3ccccc3c3c4c(ccc32)c(-c2ccc(-c3ccc(-c5nc(-c6cccc7ccccc67)nc(-c6cccc7ccccc67)n5)cc3)cc2)nc2ccccc24)cc1. The first-order valence-corrected chi connectivity index (χ1v) is 22.0. The molecule has 65 heavy (non-hydrogen) atoms. The molecule has 3 heterocycles. The van der Waals surface area contributed by atoms with Crippen LogP contribution >= 0.6 is 0 Å². The molecule has 0 spiro atoms. The highest BCUT2D eigenvalue weighted by atomic mass is 15.0. The molecule has 5 heteroatoms. The van der Waals surface area contributed by atoms with Gasteiger partial charge in [0.25, 0.3) is 0 Å². The van der Waals surface area contributed by atoms with Gasteiger partial charge in [-0.2, -0.15) is 0 Å². The van der Waals surface area contributed by atoms with Gasteiger partial charge in [0.1, 0.15) is 0 Å². The first kappa shape index (κ1) is 36.8. The van der Waals surface area contributed by atoms with Gasteiger partial charge < -0.3 is 4.57 Å². The number of rotatable bonds is 6. The lowest BCUT2D eigenvalue weighted by Crippen LogP contribution is -2.01. The molecule has 0 aliphatic heterocycles. The van der Waals surface area contributed by atoms with Crippen LogP contribution < -0.4 is 0 Å². The van der Waals surface area contributed by atoms with Crippen molar-refractivity contribution in [1.29, 1.82) is 0 Å². The highest BCUT2D eigenvalue weighted by Crippen LogP contribution is 2.43. The fraction of sp³-hybridized carbons (Fsp3) is 0. The van der Waals surface area contributed by atoms with E-state index in [9.17, 15) is 0 Å². The molecule has 13 aromatic rings. The second-order valence-electron chi connectivity index (χ2n) is 16.6. The van der Waals surface area contributed by atoms with E-state index >= 15 is 0 Å². The second-order valence-corrected chi connectivity index (χ2v) is 16.6. The fourth-order valence-electron chi connectivity index (χ4n) is 9.80. The minimum absolute atomic E-state index is 0.628. The van der Waals surface area contributed by atoms with Crippen LogP contribution in [0.15, 0.2) is 224 Å². The lowest BCUT2D eigenvalue weighted by molar-refractivity contribution is 1.08. The number of hydrogen-bond acceptors (Lipinski definition) is 4. The topological polar surface area (TPSA) is 56.5 Å². The molecule has 0 radical (unpaired) electrons.